The van der Waals surface area contributed by atoms with Crippen LogP contribution in [0.1, 0.15) is 21.5 Å². The molecule has 0 fully saturated rings. The van der Waals surface area contributed by atoms with Crippen LogP contribution < -0.4 is 16.6 Å². The molecule has 0 heterocycles. The first kappa shape index (κ1) is 15.0. The maximum atomic E-state index is 13.0. The van der Waals surface area contributed by atoms with Crippen molar-refractivity contribution < 1.29 is 9.18 Å². The molecule has 0 aliphatic heterocycles. The molecule has 5 heteroatoms. The molecule has 4 nitrogen and oxygen atoms in total. The smallest absolute Gasteiger partial charge is 0.251 e. The van der Waals surface area contributed by atoms with Gasteiger partial charge in [0.1, 0.15) is 5.82 Å². The van der Waals surface area contributed by atoms with Gasteiger partial charge in [0.05, 0.1) is 5.69 Å². The third-order valence-electron chi connectivity index (χ3n) is 3.23. The quantitative estimate of drug-likeness (QED) is 0.584. The van der Waals surface area contributed by atoms with Gasteiger partial charge in [-0.1, -0.05) is 12.1 Å². The van der Waals surface area contributed by atoms with Gasteiger partial charge in [-0.2, -0.15) is 0 Å². The third-order valence-corrected chi connectivity index (χ3v) is 3.23. The number of rotatable bonds is 5. The van der Waals surface area contributed by atoms with Crippen molar-refractivity contribution >= 4 is 11.6 Å². The van der Waals surface area contributed by atoms with Crippen LogP contribution in [0.25, 0.3) is 0 Å². The Bertz CT molecular complexity index is 643. The molecule has 0 saturated carbocycles. The summed E-state index contributed by atoms with van der Waals surface area (Å²) in [5, 5.41) is 2.82. The third kappa shape index (κ3) is 4.03. The van der Waals surface area contributed by atoms with E-state index in [9.17, 15) is 9.18 Å². The maximum Gasteiger partial charge on any atom is 0.251 e. The van der Waals surface area contributed by atoms with Crippen LogP contribution in [-0.4, -0.2) is 12.5 Å². The van der Waals surface area contributed by atoms with Crippen LogP contribution in [0.4, 0.5) is 10.1 Å². The molecule has 0 aliphatic rings. The van der Waals surface area contributed by atoms with Gasteiger partial charge < -0.3 is 10.7 Å². The lowest BCUT2D eigenvalue weighted by Crippen LogP contribution is -2.25. The Hall–Kier alpha value is -2.40. The highest BCUT2D eigenvalue weighted by molar-refractivity contribution is 5.94. The van der Waals surface area contributed by atoms with Gasteiger partial charge in [0, 0.05) is 12.1 Å². The number of nitrogen functional groups attached to an aromatic ring is 1. The van der Waals surface area contributed by atoms with Gasteiger partial charge in [0.15, 0.2) is 0 Å². The van der Waals surface area contributed by atoms with Crippen molar-refractivity contribution in [3.63, 3.8) is 0 Å². The van der Waals surface area contributed by atoms with Crippen LogP contribution in [0.3, 0.4) is 0 Å². The molecule has 0 atom stereocenters. The van der Waals surface area contributed by atoms with E-state index in [0.717, 1.165) is 16.8 Å². The lowest BCUT2D eigenvalue weighted by atomic mass is 10.1. The second kappa shape index (κ2) is 6.85. The van der Waals surface area contributed by atoms with E-state index in [1.54, 1.807) is 24.3 Å². The summed E-state index contributed by atoms with van der Waals surface area (Å²) in [4.78, 5) is 12.0. The highest BCUT2D eigenvalue weighted by Crippen LogP contribution is 2.15. The second-order valence-electron chi connectivity index (χ2n) is 4.81. The minimum atomic E-state index is -0.265. The first-order chi connectivity index (χ1) is 10.1. The molecule has 4 N–H and O–H groups in total. The van der Waals surface area contributed by atoms with Crippen molar-refractivity contribution in [1.29, 1.82) is 0 Å². The first-order valence-corrected chi connectivity index (χ1v) is 6.70. The zero-order valence-electron chi connectivity index (χ0n) is 11.8. The molecule has 0 unspecified atom stereocenters. The van der Waals surface area contributed by atoms with Gasteiger partial charge in [0.2, 0.25) is 0 Å². The number of hydrogen-bond acceptors (Lipinski definition) is 3. The largest absolute Gasteiger partial charge is 0.352 e. The number of benzene rings is 2. The zero-order chi connectivity index (χ0) is 15.2. The summed E-state index contributed by atoms with van der Waals surface area (Å²) < 4.78 is 13.0. The highest BCUT2D eigenvalue weighted by atomic mass is 19.1. The molecule has 2 rings (SSSR count). The Morgan fingerprint density at radius 1 is 1.24 bits per heavy atom. The fraction of sp³-hybridized carbons (Fsp3) is 0.188. The van der Waals surface area contributed by atoms with Gasteiger partial charge in [0.25, 0.3) is 5.91 Å². The summed E-state index contributed by atoms with van der Waals surface area (Å²) in [5.41, 5.74) is 5.68. The van der Waals surface area contributed by atoms with E-state index in [0.29, 0.717) is 18.5 Å². The molecule has 0 aliphatic carbocycles. The number of hydrogen-bond donors (Lipinski definition) is 3. The summed E-state index contributed by atoms with van der Waals surface area (Å²) >= 11 is 0. The van der Waals surface area contributed by atoms with Crippen molar-refractivity contribution in [3.8, 4) is 0 Å². The molecule has 21 heavy (non-hydrogen) atoms. The molecule has 0 radical (unpaired) electrons. The van der Waals surface area contributed by atoms with E-state index in [4.69, 9.17) is 5.84 Å². The van der Waals surface area contributed by atoms with Crippen molar-refractivity contribution in [2.24, 2.45) is 5.84 Å². The average molecular weight is 287 g/mol. The van der Waals surface area contributed by atoms with Crippen LogP contribution in [0.5, 0.6) is 0 Å². The van der Waals surface area contributed by atoms with Gasteiger partial charge in [-0.05, 0) is 54.8 Å². The van der Waals surface area contributed by atoms with Gasteiger partial charge in [-0.25, -0.2) is 4.39 Å². The summed E-state index contributed by atoms with van der Waals surface area (Å²) in [7, 11) is 0. The number of halogens is 1. The Morgan fingerprint density at radius 2 is 2.05 bits per heavy atom. The molecule has 110 valence electrons. The van der Waals surface area contributed by atoms with E-state index in [1.807, 2.05) is 13.0 Å². The molecular weight excluding hydrogens is 269 g/mol. The van der Waals surface area contributed by atoms with Crippen molar-refractivity contribution in [1.82, 2.24) is 5.32 Å². The first-order valence-electron chi connectivity index (χ1n) is 6.70. The number of carbonyl (C=O) groups excluding carboxylic acids is 1. The standard InChI is InChI=1S/C16H18FN3O/c1-11-9-13(5-6-15(11)20-18)16(21)19-8-7-12-3-2-4-14(17)10-12/h2-6,9-10,20H,7-8,18H2,1H3,(H,19,21). The average Bonchev–Trinajstić information content (AvgIpc) is 2.47. The fourth-order valence-electron chi connectivity index (χ4n) is 2.08. The number of aryl methyl sites for hydroxylation is 1. The van der Waals surface area contributed by atoms with Crippen LogP contribution in [0.2, 0.25) is 0 Å². The van der Waals surface area contributed by atoms with Gasteiger partial charge >= 0.3 is 0 Å². The summed E-state index contributed by atoms with van der Waals surface area (Å²) in [6.07, 6.45) is 0.588. The fourth-order valence-corrected chi connectivity index (χ4v) is 2.08. The highest BCUT2D eigenvalue weighted by Gasteiger charge is 2.07. The number of anilines is 1. The normalized spacial score (nSPS) is 10.2. The molecule has 2 aromatic rings. The SMILES string of the molecule is Cc1cc(C(=O)NCCc2cccc(F)c2)ccc1NN. The minimum absolute atomic E-state index is 0.155. The predicted molar refractivity (Wildman–Crippen MR) is 81.4 cm³/mol. The van der Waals surface area contributed by atoms with Crippen LogP contribution in [0.15, 0.2) is 42.5 Å². The Balaban J connectivity index is 1.91. The van der Waals surface area contributed by atoms with Crippen LogP contribution >= 0.6 is 0 Å². The molecule has 0 saturated heterocycles. The van der Waals surface area contributed by atoms with E-state index in [-0.39, 0.29) is 11.7 Å². The summed E-state index contributed by atoms with van der Waals surface area (Å²) in [6, 6.07) is 11.6. The number of amides is 1. The molecule has 2 aromatic carbocycles. The van der Waals surface area contributed by atoms with E-state index in [2.05, 4.69) is 10.7 Å². The van der Waals surface area contributed by atoms with Crippen molar-refractivity contribution in [3.05, 3.63) is 65.0 Å². The predicted octanol–water partition coefficient (Wildman–Crippen LogP) is 2.39. The van der Waals surface area contributed by atoms with E-state index < -0.39 is 0 Å². The topological polar surface area (TPSA) is 67.2 Å². The maximum absolute atomic E-state index is 13.0. The summed E-state index contributed by atoms with van der Waals surface area (Å²) in [6.45, 7) is 2.33. The molecule has 0 bridgehead atoms. The van der Waals surface area contributed by atoms with Crippen molar-refractivity contribution in [2.45, 2.75) is 13.3 Å². The number of nitrogens with two attached hydrogens (primary N) is 1. The van der Waals surface area contributed by atoms with Gasteiger partial charge in [-0.15, -0.1) is 0 Å². The minimum Gasteiger partial charge on any atom is -0.352 e. The molecule has 0 spiro atoms. The lowest BCUT2D eigenvalue weighted by Gasteiger charge is -2.09. The molecular formula is C16H18FN3O. The number of hydrazine groups is 1. The second-order valence-corrected chi connectivity index (χ2v) is 4.81. The monoisotopic (exact) mass is 287 g/mol. The Kier molecular flexibility index (Phi) is 4.90. The van der Waals surface area contributed by atoms with Crippen LogP contribution in [0, 0.1) is 12.7 Å². The lowest BCUT2D eigenvalue weighted by molar-refractivity contribution is 0.0954. The Morgan fingerprint density at radius 3 is 2.71 bits per heavy atom. The Labute approximate surface area is 123 Å². The zero-order valence-corrected chi connectivity index (χ0v) is 11.8. The van der Waals surface area contributed by atoms with Crippen LogP contribution in [-0.2, 0) is 6.42 Å². The molecule has 0 aromatic heterocycles. The van der Waals surface area contributed by atoms with Gasteiger partial charge in [-0.3, -0.25) is 10.6 Å². The summed E-state index contributed by atoms with van der Waals surface area (Å²) in [5.74, 6) is 4.93. The van der Waals surface area contributed by atoms with E-state index >= 15 is 0 Å². The molecule has 1 amide bonds. The van der Waals surface area contributed by atoms with E-state index in [1.165, 1.54) is 12.1 Å². The number of carbonyl (C=O) groups is 1. The van der Waals surface area contributed by atoms with Crippen molar-refractivity contribution in [2.75, 3.05) is 12.0 Å². The number of nitrogens with one attached hydrogen (secondary N) is 2.